The van der Waals surface area contributed by atoms with Crippen LogP contribution < -0.4 is 4.74 Å². The summed E-state index contributed by atoms with van der Waals surface area (Å²) in [4.78, 5) is 18.5. The summed E-state index contributed by atoms with van der Waals surface area (Å²) in [6.07, 6.45) is 5.01. The Bertz CT molecular complexity index is 678. The van der Waals surface area contributed by atoms with Crippen molar-refractivity contribution in [2.75, 3.05) is 13.1 Å². The van der Waals surface area contributed by atoms with Gasteiger partial charge in [-0.25, -0.2) is 4.98 Å². The fourth-order valence-corrected chi connectivity index (χ4v) is 3.26. The summed E-state index contributed by atoms with van der Waals surface area (Å²) in [7, 11) is 0. The minimum Gasteiger partial charge on any atom is -0.472 e. The van der Waals surface area contributed by atoms with Gasteiger partial charge in [0, 0.05) is 25.6 Å². The number of aromatic nitrogens is 1. The van der Waals surface area contributed by atoms with Crippen LogP contribution in [0.1, 0.15) is 24.8 Å². The van der Waals surface area contributed by atoms with E-state index in [0.717, 1.165) is 30.3 Å². The first-order valence-electron chi connectivity index (χ1n) is 8.31. The van der Waals surface area contributed by atoms with E-state index in [2.05, 4.69) is 33.0 Å². The van der Waals surface area contributed by atoms with Gasteiger partial charge in [0.05, 0.1) is 11.0 Å². The Kier molecular flexibility index (Phi) is 5.86. The fourth-order valence-electron chi connectivity index (χ4n) is 2.91. The van der Waals surface area contributed by atoms with Crippen LogP contribution in [0.2, 0.25) is 0 Å². The summed E-state index contributed by atoms with van der Waals surface area (Å²) in [6, 6.07) is 14.1. The molecule has 4 nitrogen and oxygen atoms in total. The molecule has 2 heterocycles. The van der Waals surface area contributed by atoms with E-state index in [1.54, 1.807) is 6.20 Å². The van der Waals surface area contributed by atoms with Crippen molar-refractivity contribution in [1.29, 1.82) is 0 Å². The molecule has 1 aromatic heterocycles. The van der Waals surface area contributed by atoms with Crippen LogP contribution in [-0.4, -0.2) is 35.0 Å². The van der Waals surface area contributed by atoms with Crippen LogP contribution in [-0.2, 0) is 11.2 Å². The molecular weight excluding hydrogens is 368 g/mol. The molecule has 2 aromatic rings. The maximum atomic E-state index is 12.3. The molecule has 1 fully saturated rings. The second kappa shape index (κ2) is 8.29. The zero-order valence-electron chi connectivity index (χ0n) is 13.5. The van der Waals surface area contributed by atoms with Crippen LogP contribution in [0.3, 0.4) is 0 Å². The number of likely N-dealkylation sites (tertiary alicyclic amines) is 1. The van der Waals surface area contributed by atoms with Crippen molar-refractivity contribution in [1.82, 2.24) is 9.88 Å². The number of ether oxygens (including phenoxy) is 1. The van der Waals surface area contributed by atoms with Crippen molar-refractivity contribution in [3.63, 3.8) is 0 Å². The number of benzene rings is 1. The second-order valence-corrected chi connectivity index (χ2v) is 6.85. The van der Waals surface area contributed by atoms with Crippen LogP contribution in [0.5, 0.6) is 5.88 Å². The zero-order chi connectivity index (χ0) is 16.8. The Hall–Kier alpha value is -1.88. The molecule has 0 radical (unpaired) electrons. The lowest BCUT2D eigenvalue weighted by Gasteiger charge is -2.17. The molecule has 3 rings (SSSR count). The molecule has 1 atom stereocenters. The van der Waals surface area contributed by atoms with Gasteiger partial charge in [0.1, 0.15) is 6.10 Å². The molecule has 126 valence electrons. The Morgan fingerprint density at radius 2 is 2.08 bits per heavy atom. The molecule has 1 aliphatic rings. The summed E-state index contributed by atoms with van der Waals surface area (Å²) in [6.45, 7) is 1.41. The summed E-state index contributed by atoms with van der Waals surface area (Å²) in [5, 5.41) is 0. The van der Waals surface area contributed by atoms with Crippen LogP contribution in [0.4, 0.5) is 0 Å². The number of carbonyl (C=O) groups excluding carboxylic acids is 1. The SMILES string of the molecule is O=C(CCCc1ccccc1)N1CCC(Oc2ncccc2Br)C1. The Labute approximate surface area is 151 Å². The predicted octanol–water partition coefficient (Wildman–Crippen LogP) is 3.85. The number of amides is 1. The first kappa shape index (κ1) is 17.0. The number of halogens is 1. The molecule has 1 amide bonds. The van der Waals surface area contributed by atoms with Crippen LogP contribution in [0.25, 0.3) is 0 Å². The average molecular weight is 389 g/mol. The maximum absolute atomic E-state index is 12.3. The summed E-state index contributed by atoms with van der Waals surface area (Å²) in [5.41, 5.74) is 1.29. The standard InChI is InChI=1S/C19H21BrN2O2/c20-17-9-5-12-21-19(17)24-16-11-13-22(14-16)18(23)10-4-8-15-6-2-1-3-7-15/h1-3,5-7,9,12,16H,4,8,10-11,13-14H2. The van der Waals surface area contributed by atoms with E-state index < -0.39 is 0 Å². The summed E-state index contributed by atoms with van der Waals surface area (Å²) in [5.74, 6) is 0.818. The molecule has 1 aliphatic heterocycles. The minimum absolute atomic E-state index is 0.0225. The van der Waals surface area contributed by atoms with Gasteiger partial charge in [-0.2, -0.15) is 0 Å². The molecule has 24 heavy (non-hydrogen) atoms. The molecule has 0 bridgehead atoms. The molecule has 1 aromatic carbocycles. The predicted molar refractivity (Wildman–Crippen MR) is 96.9 cm³/mol. The largest absolute Gasteiger partial charge is 0.472 e. The monoisotopic (exact) mass is 388 g/mol. The number of carbonyl (C=O) groups is 1. The third kappa shape index (κ3) is 4.57. The number of rotatable bonds is 6. The van der Waals surface area contributed by atoms with Crippen LogP contribution in [0, 0.1) is 0 Å². The van der Waals surface area contributed by atoms with Gasteiger partial charge < -0.3 is 9.64 Å². The van der Waals surface area contributed by atoms with Gasteiger partial charge in [0.15, 0.2) is 0 Å². The molecule has 1 saturated heterocycles. The Morgan fingerprint density at radius 3 is 2.88 bits per heavy atom. The Morgan fingerprint density at radius 1 is 1.25 bits per heavy atom. The van der Waals surface area contributed by atoms with E-state index in [-0.39, 0.29) is 12.0 Å². The molecule has 5 heteroatoms. The molecule has 0 spiro atoms. The first-order chi connectivity index (χ1) is 11.7. The highest BCUT2D eigenvalue weighted by atomic mass is 79.9. The quantitative estimate of drug-likeness (QED) is 0.754. The van der Waals surface area contributed by atoms with Gasteiger partial charge >= 0.3 is 0 Å². The van der Waals surface area contributed by atoms with Gasteiger partial charge in [-0.3, -0.25) is 4.79 Å². The molecular formula is C19H21BrN2O2. The second-order valence-electron chi connectivity index (χ2n) is 6.00. The third-order valence-corrected chi connectivity index (χ3v) is 4.80. The van der Waals surface area contributed by atoms with E-state index >= 15 is 0 Å². The minimum atomic E-state index is 0.0225. The molecule has 0 saturated carbocycles. The lowest BCUT2D eigenvalue weighted by atomic mass is 10.1. The van der Waals surface area contributed by atoms with Gasteiger partial charge in [-0.15, -0.1) is 0 Å². The lowest BCUT2D eigenvalue weighted by molar-refractivity contribution is -0.130. The number of hydrogen-bond donors (Lipinski definition) is 0. The molecule has 1 unspecified atom stereocenters. The number of aryl methyl sites for hydroxylation is 1. The summed E-state index contributed by atoms with van der Waals surface area (Å²) < 4.78 is 6.75. The van der Waals surface area contributed by atoms with Crippen LogP contribution >= 0.6 is 15.9 Å². The molecule has 0 N–H and O–H groups in total. The van der Waals surface area contributed by atoms with E-state index in [9.17, 15) is 4.79 Å². The first-order valence-corrected chi connectivity index (χ1v) is 9.10. The highest BCUT2D eigenvalue weighted by molar-refractivity contribution is 9.10. The van der Waals surface area contributed by atoms with Gasteiger partial charge in [-0.1, -0.05) is 30.3 Å². The fraction of sp³-hybridized carbons (Fsp3) is 0.368. The van der Waals surface area contributed by atoms with Crippen LogP contribution in [0.15, 0.2) is 53.1 Å². The Balaban J connectivity index is 1.43. The van der Waals surface area contributed by atoms with Crippen molar-refractivity contribution in [3.05, 3.63) is 58.7 Å². The van der Waals surface area contributed by atoms with Crippen molar-refractivity contribution < 1.29 is 9.53 Å². The highest BCUT2D eigenvalue weighted by Gasteiger charge is 2.27. The lowest BCUT2D eigenvalue weighted by Crippen LogP contribution is -2.30. The van der Waals surface area contributed by atoms with Gasteiger partial charge in [0.25, 0.3) is 0 Å². The molecule has 0 aliphatic carbocycles. The zero-order valence-corrected chi connectivity index (χ0v) is 15.1. The van der Waals surface area contributed by atoms with Crippen molar-refractivity contribution >= 4 is 21.8 Å². The van der Waals surface area contributed by atoms with Crippen molar-refractivity contribution in [3.8, 4) is 5.88 Å². The number of pyridine rings is 1. The smallest absolute Gasteiger partial charge is 0.228 e. The number of nitrogens with zero attached hydrogens (tertiary/aromatic N) is 2. The van der Waals surface area contributed by atoms with E-state index in [4.69, 9.17) is 4.74 Å². The van der Waals surface area contributed by atoms with Crippen molar-refractivity contribution in [2.24, 2.45) is 0 Å². The van der Waals surface area contributed by atoms with E-state index in [0.29, 0.717) is 18.8 Å². The summed E-state index contributed by atoms with van der Waals surface area (Å²) >= 11 is 3.44. The van der Waals surface area contributed by atoms with Gasteiger partial charge in [0.2, 0.25) is 11.8 Å². The highest BCUT2D eigenvalue weighted by Crippen LogP contribution is 2.24. The van der Waals surface area contributed by atoms with E-state index in [1.165, 1.54) is 5.56 Å². The topological polar surface area (TPSA) is 42.4 Å². The van der Waals surface area contributed by atoms with Crippen molar-refractivity contribution in [2.45, 2.75) is 31.8 Å². The third-order valence-electron chi connectivity index (χ3n) is 4.20. The van der Waals surface area contributed by atoms with E-state index in [1.807, 2.05) is 35.2 Å². The average Bonchev–Trinajstić information content (AvgIpc) is 3.07. The van der Waals surface area contributed by atoms with Gasteiger partial charge in [-0.05, 0) is 46.5 Å². The normalized spacial score (nSPS) is 17.0. The maximum Gasteiger partial charge on any atom is 0.228 e. The number of hydrogen-bond acceptors (Lipinski definition) is 3.